The Labute approximate surface area is 169 Å². The van der Waals surface area contributed by atoms with E-state index in [1.165, 1.54) is 12.8 Å². The van der Waals surface area contributed by atoms with E-state index in [4.69, 9.17) is 0 Å². The molecule has 6 nitrogen and oxygen atoms in total. The fourth-order valence-corrected chi connectivity index (χ4v) is 4.56. The van der Waals surface area contributed by atoms with Crippen LogP contribution in [-0.2, 0) is 19.0 Å². The van der Waals surface area contributed by atoms with Crippen LogP contribution in [-0.4, -0.2) is 49.2 Å². The van der Waals surface area contributed by atoms with Crippen LogP contribution in [0.1, 0.15) is 29.2 Å². The molecule has 2 aromatic heterocycles. The van der Waals surface area contributed by atoms with Gasteiger partial charge >= 0.3 is 6.18 Å². The van der Waals surface area contributed by atoms with Gasteiger partial charge in [-0.15, -0.1) is 22.7 Å². The second kappa shape index (κ2) is 9.55. The maximum absolute atomic E-state index is 12.6. The molecule has 1 aliphatic rings. The van der Waals surface area contributed by atoms with E-state index in [1.54, 1.807) is 18.4 Å². The van der Waals surface area contributed by atoms with E-state index < -0.39 is 11.9 Å². The van der Waals surface area contributed by atoms with Gasteiger partial charge in [0.05, 0.1) is 10.7 Å². The van der Waals surface area contributed by atoms with Crippen LogP contribution in [0, 0.1) is 0 Å². The predicted octanol–water partition coefficient (Wildman–Crippen LogP) is 3.17. The van der Waals surface area contributed by atoms with Crippen LogP contribution in [0.15, 0.2) is 15.8 Å². The minimum absolute atomic E-state index is 0.409. The van der Waals surface area contributed by atoms with Gasteiger partial charge in [0.2, 0.25) is 0 Å². The SMILES string of the molecule is CN=C(NCCc1csc(N2CCCC2)n1)NCCc1nc(C(F)(F)F)cs1. The predicted molar refractivity (Wildman–Crippen MR) is 107 cm³/mol. The zero-order valence-corrected chi connectivity index (χ0v) is 17.2. The highest BCUT2D eigenvalue weighted by Gasteiger charge is 2.33. The molecule has 1 fully saturated rings. The van der Waals surface area contributed by atoms with E-state index in [9.17, 15) is 13.2 Å². The summed E-state index contributed by atoms with van der Waals surface area (Å²) in [5, 5.41) is 11.0. The van der Waals surface area contributed by atoms with Crippen molar-refractivity contribution < 1.29 is 13.2 Å². The summed E-state index contributed by atoms with van der Waals surface area (Å²) in [5.74, 6) is 0.614. The Morgan fingerprint density at radius 3 is 2.46 bits per heavy atom. The van der Waals surface area contributed by atoms with Crippen molar-refractivity contribution in [3.8, 4) is 0 Å². The number of aromatic nitrogens is 2. The normalized spacial score (nSPS) is 15.3. The number of nitrogens with zero attached hydrogens (tertiary/aromatic N) is 4. The van der Waals surface area contributed by atoms with Crippen molar-refractivity contribution >= 4 is 33.8 Å². The molecule has 1 saturated heterocycles. The zero-order valence-electron chi connectivity index (χ0n) is 15.6. The first kappa shape index (κ1) is 20.8. The van der Waals surface area contributed by atoms with E-state index in [1.807, 2.05) is 0 Å². The first-order chi connectivity index (χ1) is 13.5. The molecule has 2 N–H and O–H groups in total. The first-order valence-corrected chi connectivity index (χ1v) is 10.9. The van der Waals surface area contributed by atoms with Crippen LogP contribution in [0.5, 0.6) is 0 Å². The van der Waals surface area contributed by atoms with Gasteiger partial charge in [0.1, 0.15) is 0 Å². The number of rotatable bonds is 7. The molecular weight excluding hydrogens is 409 g/mol. The summed E-state index contributed by atoms with van der Waals surface area (Å²) in [4.78, 5) is 14.8. The Morgan fingerprint density at radius 1 is 1.11 bits per heavy atom. The number of thiazole rings is 2. The Morgan fingerprint density at radius 2 is 1.82 bits per heavy atom. The number of hydrogen-bond acceptors (Lipinski definition) is 6. The van der Waals surface area contributed by atoms with Crippen LogP contribution < -0.4 is 15.5 Å². The molecule has 0 atom stereocenters. The molecule has 0 aromatic carbocycles. The molecule has 0 saturated carbocycles. The molecule has 0 amide bonds. The minimum atomic E-state index is -4.38. The summed E-state index contributed by atoms with van der Waals surface area (Å²) in [6, 6.07) is 0. The lowest BCUT2D eigenvalue weighted by Gasteiger charge is -2.12. The third-order valence-corrected chi connectivity index (χ3v) is 6.15. The minimum Gasteiger partial charge on any atom is -0.356 e. The lowest BCUT2D eigenvalue weighted by molar-refractivity contribution is -0.140. The smallest absolute Gasteiger partial charge is 0.356 e. The largest absolute Gasteiger partial charge is 0.434 e. The fourth-order valence-electron chi connectivity index (χ4n) is 2.84. The summed E-state index contributed by atoms with van der Waals surface area (Å²) >= 11 is 2.70. The molecule has 0 radical (unpaired) electrons. The van der Waals surface area contributed by atoms with Gasteiger partial charge in [-0.3, -0.25) is 4.99 Å². The van der Waals surface area contributed by atoms with Crippen LogP contribution >= 0.6 is 22.7 Å². The Bertz CT molecular complexity index is 780. The molecule has 2 aromatic rings. The molecule has 0 spiro atoms. The molecule has 11 heteroatoms. The van der Waals surface area contributed by atoms with E-state index in [-0.39, 0.29) is 0 Å². The maximum Gasteiger partial charge on any atom is 0.434 e. The van der Waals surface area contributed by atoms with Gasteiger partial charge in [-0.25, -0.2) is 9.97 Å². The van der Waals surface area contributed by atoms with Gasteiger partial charge in [-0.2, -0.15) is 13.2 Å². The van der Waals surface area contributed by atoms with Crippen LogP contribution in [0.4, 0.5) is 18.3 Å². The topological polar surface area (TPSA) is 65.4 Å². The number of alkyl halides is 3. The van der Waals surface area contributed by atoms with Gasteiger partial charge < -0.3 is 15.5 Å². The summed E-state index contributed by atoms with van der Waals surface area (Å²) in [7, 11) is 1.66. The van der Waals surface area contributed by atoms with Crippen molar-refractivity contribution in [2.75, 3.05) is 38.1 Å². The van der Waals surface area contributed by atoms with Gasteiger partial charge in [0.15, 0.2) is 16.8 Å². The highest BCUT2D eigenvalue weighted by atomic mass is 32.1. The lowest BCUT2D eigenvalue weighted by Crippen LogP contribution is -2.39. The van der Waals surface area contributed by atoms with E-state index in [0.717, 1.165) is 47.1 Å². The first-order valence-electron chi connectivity index (χ1n) is 9.11. The number of hydrogen-bond donors (Lipinski definition) is 2. The second-order valence-electron chi connectivity index (χ2n) is 6.37. The van der Waals surface area contributed by atoms with Crippen molar-refractivity contribution in [3.05, 3.63) is 27.2 Å². The highest BCUT2D eigenvalue weighted by molar-refractivity contribution is 7.13. The van der Waals surface area contributed by atoms with E-state index >= 15 is 0 Å². The summed E-state index contributed by atoms with van der Waals surface area (Å²) in [6.07, 6.45) is -0.725. The number of halogens is 3. The average molecular weight is 433 g/mol. The van der Waals surface area contributed by atoms with Gasteiger partial charge in [0, 0.05) is 56.8 Å². The summed E-state index contributed by atoms with van der Waals surface area (Å²) < 4.78 is 37.7. The van der Waals surface area contributed by atoms with Crippen LogP contribution in [0.2, 0.25) is 0 Å². The number of guanidine groups is 1. The quantitative estimate of drug-likeness (QED) is 0.520. The third-order valence-electron chi connectivity index (χ3n) is 4.29. The summed E-state index contributed by atoms with van der Waals surface area (Å²) in [6.45, 7) is 3.31. The lowest BCUT2D eigenvalue weighted by atomic mass is 10.3. The third kappa shape index (κ3) is 5.81. The Hall–Kier alpha value is -1.88. The van der Waals surface area contributed by atoms with Gasteiger partial charge in [-0.05, 0) is 12.8 Å². The monoisotopic (exact) mass is 432 g/mol. The maximum atomic E-state index is 12.6. The van der Waals surface area contributed by atoms with Crippen molar-refractivity contribution in [1.29, 1.82) is 0 Å². The molecular formula is C17H23F3N6S2. The molecule has 0 aliphatic carbocycles. The highest BCUT2D eigenvalue weighted by Crippen LogP contribution is 2.30. The molecule has 1 aliphatic heterocycles. The molecule has 154 valence electrons. The van der Waals surface area contributed by atoms with Gasteiger partial charge in [0.25, 0.3) is 0 Å². The van der Waals surface area contributed by atoms with Crippen molar-refractivity contribution in [1.82, 2.24) is 20.6 Å². The number of nitrogens with one attached hydrogen (secondary N) is 2. The van der Waals surface area contributed by atoms with Gasteiger partial charge in [-0.1, -0.05) is 0 Å². The van der Waals surface area contributed by atoms with Crippen molar-refractivity contribution in [2.45, 2.75) is 31.9 Å². The Kier molecular flexibility index (Phi) is 7.11. The molecule has 0 unspecified atom stereocenters. The second-order valence-corrected chi connectivity index (χ2v) is 8.14. The fraction of sp³-hybridized carbons (Fsp3) is 0.588. The number of aliphatic imine (C=N–C) groups is 1. The molecule has 3 rings (SSSR count). The van der Waals surface area contributed by atoms with Crippen LogP contribution in [0.25, 0.3) is 0 Å². The zero-order chi connectivity index (χ0) is 20.0. The van der Waals surface area contributed by atoms with E-state index in [0.29, 0.717) is 30.5 Å². The molecule has 0 bridgehead atoms. The van der Waals surface area contributed by atoms with Crippen molar-refractivity contribution in [3.63, 3.8) is 0 Å². The average Bonchev–Trinajstić information content (AvgIpc) is 3.40. The molecule has 3 heterocycles. The summed E-state index contributed by atoms with van der Waals surface area (Å²) in [5.41, 5.74) is 0.226. The van der Waals surface area contributed by atoms with Crippen LogP contribution in [0.3, 0.4) is 0 Å². The molecule has 28 heavy (non-hydrogen) atoms. The standard InChI is InChI=1S/C17H23F3N6S2/c1-21-15(23-7-5-14-25-13(11-27-14)17(18,19)20)22-6-4-12-10-28-16(24-12)26-8-2-3-9-26/h10-11H,2-9H2,1H3,(H2,21,22,23). The van der Waals surface area contributed by atoms with E-state index in [2.05, 4.69) is 35.9 Å². The number of anilines is 1. The Balaban J connectivity index is 1.37. The van der Waals surface area contributed by atoms with Crippen molar-refractivity contribution in [2.24, 2.45) is 4.99 Å².